The van der Waals surface area contributed by atoms with E-state index >= 15 is 0 Å². The third-order valence-electron chi connectivity index (χ3n) is 2.83. The van der Waals surface area contributed by atoms with Gasteiger partial charge >= 0.3 is 0 Å². The Bertz CT molecular complexity index is 515. The lowest BCUT2D eigenvalue weighted by Gasteiger charge is -2.10. The quantitative estimate of drug-likeness (QED) is 0.865. The second-order valence-corrected chi connectivity index (χ2v) is 4.08. The van der Waals surface area contributed by atoms with Crippen LogP contribution in [0.25, 0.3) is 12.2 Å². The molecule has 0 aliphatic carbocycles. The van der Waals surface area contributed by atoms with Gasteiger partial charge in [-0.05, 0) is 24.1 Å². The van der Waals surface area contributed by atoms with Crippen LogP contribution < -0.4 is 5.32 Å². The van der Waals surface area contributed by atoms with Crippen molar-refractivity contribution < 1.29 is 4.42 Å². The Morgan fingerprint density at radius 3 is 2.89 bits per heavy atom. The van der Waals surface area contributed by atoms with Gasteiger partial charge in [0.2, 0.25) is 5.89 Å². The number of oxazole rings is 1. The molecule has 0 aliphatic heterocycles. The van der Waals surface area contributed by atoms with Gasteiger partial charge in [0.25, 0.3) is 0 Å². The average molecular weight is 242 g/mol. The molecule has 18 heavy (non-hydrogen) atoms. The van der Waals surface area contributed by atoms with E-state index in [1.807, 2.05) is 13.1 Å². The highest BCUT2D eigenvalue weighted by Crippen LogP contribution is 2.23. The topological polar surface area (TPSA) is 38.1 Å². The van der Waals surface area contributed by atoms with Gasteiger partial charge in [0.1, 0.15) is 6.26 Å². The van der Waals surface area contributed by atoms with E-state index in [2.05, 4.69) is 41.5 Å². The Hall–Kier alpha value is -2.03. The summed E-state index contributed by atoms with van der Waals surface area (Å²) < 4.78 is 5.21. The van der Waals surface area contributed by atoms with Crippen molar-refractivity contribution in [3.05, 3.63) is 47.7 Å². The summed E-state index contributed by atoms with van der Waals surface area (Å²) in [5, 5.41) is 3.22. The number of aromatic nitrogens is 1. The number of rotatable bonds is 5. The molecule has 3 nitrogen and oxygen atoms in total. The summed E-state index contributed by atoms with van der Waals surface area (Å²) in [5.41, 5.74) is 3.68. The lowest BCUT2D eigenvalue weighted by molar-refractivity contribution is 0.547. The van der Waals surface area contributed by atoms with E-state index in [1.165, 1.54) is 11.1 Å². The van der Waals surface area contributed by atoms with Crippen LogP contribution in [0.2, 0.25) is 0 Å². The highest BCUT2D eigenvalue weighted by molar-refractivity contribution is 5.76. The third kappa shape index (κ3) is 2.80. The summed E-state index contributed by atoms with van der Waals surface area (Å²) in [6.45, 7) is 2.19. The second-order valence-electron chi connectivity index (χ2n) is 4.08. The fraction of sp³-hybridized carbons (Fsp3) is 0.267. The molecular formula is C15H18N2O. The first-order valence-corrected chi connectivity index (χ1v) is 6.22. The molecule has 0 radical (unpaired) electrons. The van der Waals surface area contributed by atoms with Gasteiger partial charge in [-0.15, -0.1) is 0 Å². The van der Waals surface area contributed by atoms with E-state index in [0.29, 0.717) is 5.89 Å². The molecular weight excluding hydrogens is 224 g/mol. The monoisotopic (exact) mass is 242 g/mol. The van der Waals surface area contributed by atoms with Crippen LogP contribution >= 0.6 is 0 Å². The lowest BCUT2D eigenvalue weighted by atomic mass is 10.0. The van der Waals surface area contributed by atoms with E-state index in [4.69, 9.17) is 4.42 Å². The van der Waals surface area contributed by atoms with Crippen LogP contribution in [0.3, 0.4) is 0 Å². The fourth-order valence-electron chi connectivity index (χ4n) is 1.99. The number of benzene rings is 1. The molecule has 94 valence electrons. The molecule has 1 N–H and O–H groups in total. The largest absolute Gasteiger partial charge is 0.445 e. The minimum atomic E-state index is 0.628. The summed E-state index contributed by atoms with van der Waals surface area (Å²) >= 11 is 0. The first-order chi connectivity index (χ1) is 8.85. The summed E-state index contributed by atoms with van der Waals surface area (Å²) in [5.74, 6) is 0.628. The van der Waals surface area contributed by atoms with E-state index < -0.39 is 0 Å². The zero-order valence-corrected chi connectivity index (χ0v) is 10.8. The zero-order valence-electron chi connectivity index (χ0n) is 10.8. The predicted octanol–water partition coefficient (Wildman–Crippen LogP) is 3.84. The van der Waals surface area contributed by atoms with Gasteiger partial charge in [0.05, 0.1) is 6.20 Å². The molecule has 1 heterocycles. The Balaban J connectivity index is 2.34. The highest BCUT2D eigenvalue weighted by atomic mass is 16.3. The fourth-order valence-corrected chi connectivity index (χ4v) is 1.99. The molecule has 0 saturated heterocycles. The van der Waals surface area contributed by atoms with Gasteiger partial charge in [0, 0.05) is 24.4 Å². The van der Waals surface area contributed by atoms with Gasteiger partial charge in [-0.3, -0.25) is 0 Å². The standard InChI is InChI=1S/C15H18N2O/c1-3-5-12-6-4-7-14(16-2)13(12)8-9-15-17-10-11-18-15/h4,6-11,16H,3,5H2,1-2H3/b9-8+. The van der Waals surface area contributed by atoms with Crippen molar-refractivity contribution in [2.45, 2.75) is 19.8 Å². The number of hydrogen-bond acceptors (Lipinski definition) is 3. The summed E-state index contributed by atoms with van der Waals surface area (Å²) in [6.07, 6.45) is 9.39. The molecule has 0 fully saturated rings. The van der Waals surface area contributed by atoms with Gasteiger partial charge in [-0.25, -0.2) is 4.98 Å². The Kier molecular flexibility index (Phi) is 4.18. The number of nitrogens with one attached hydrogen (secondary N) is 1. The van der Waals surface area contributed by atoms with Gasteiger partial charge in [-0.2, -0.15) is 0 Å². The first kappa shape index (κ1) is 12.4. The molecule has 0 spiro atoms. The lowest BCUT2D eigenvalue weighted by Crippen LogP contribution is -1.96. The van der Waals surface area contributed by atoms with Crippen molar-refractivity contribution in [1.29, 1.82) is 0 Å². The van der Waals surface area contributed by atoms with Crippen molar-refractivity contribution in [3.8, 4) is 0 Å². The van der Waals surface area contributed by atoms with Gasteiger partial charge < -0.3 is 9.73 Å². The summed E-state index contributed by atoms with van der Waals surface area (Å²) in [6, 6.07) is 6.33. The van der Waals surface area contributed by atoms with E-state index in [9.17, 15) is 0 Å². The summed E-state index contributed by atoms with van der Waals surface area (Å²) in [7, 11) is 1.94. The number of nitrogens with zero attached hydrogens (tertiary/aromatic N) is 1. The molecule has 1 aromatic carbocycles. The maximum absolute atomic E-state index is 5.21. The van der Waals surface area contributed by atoms with Crippen LogP contribution in [-0.4, -0.2) is 12.0 Å². The van der Waals surface area contributed by atoms with Crippen molar-refractivity contribution >= 4 is 17.8 Å². The van der Waals surface area contributed by atoms with Crippen LogP contribution in [0.5, 0.6) is 0 Å². The Labute approximate surface area is 108 Å². The van der Waals surface area contributed by atoms with Crippen molar-refractivity contribution in [2.24, 2.45) is 0 Å². The van der Waals surface area contributed by atoms with Gasteiger partial charge in [0.15, 0.2) is 0 Å². The van der Waals surface area contributed by atoms with Crippen molar-refractivity contribution in [2.75, 3.05) is 12.4 Å². The minimum absolute atomic E-state index is 0.628. The van der Waals surface area contributed by atoms with Crippen LogP contribution in [0.1, 0.15) is 30.4 Å². The van der Waals surface area contributed by atoms with E-state index in [0.717, 1.165) is 18.5 Å². The van der Waals surface area contributed by atoms with Crippen molar-refractivity contribution in [3.63, 3.8) is 0 Å². The smallest absolute Gasteiger partial charge is 0.218 e. The Morgan fingerprint density at radius 1 is 1.33 bits per heavy atom. The van der Waals surface area contributed by atoms with Crippen LogP contribution in [0.15, 0.2) is 35.1 Å². The van der Waals surface area contributed by atoms with E-state index in [-0.39, 0.29) is 0 Å². The second kappa shape index (κ2) is 6.05. The number of anilines is 1. The maximum atomic E-state index is 5.21. The Morgan fingerprint density at radius 2 is 2.22 bits per heavy atom. The highest BCUT2D eigenvalue weighted by Gasteiger charge is 2.04. The average Bonchev–Trinajstić information content (AvgIpc) is 2.90. The normalized spacial score (nSPS) is 11.0. The van der Waals surface area contributed by atoms with E-state index in [1.54, 1.807) is 12.5 Å². The van der Waals surface area contributed by atoms with Crippen LogP contribution in [0.4, 0.5) is 5.69 Å². The third-order valence-corrected chi connectivity index (χ3v) is 2.83. The molecule has 0 bridgehead atoms. The first-order valence-electron chi connectivity index (χ1n) is 6.22. The summed E-state index contributed by atoms with van der Waals surface area (Å²) in [4.78, 5) is 4.09. The zero-order chi connectivity index (χ0) is 12.8. The molecule has 2 aromatic rings. The number of hydrogen-bond donors (Lipinski definition) is 1. The number of aryl methyl sites for hydroxylation is 1. The van der Waals surface area contributed by atoms with Crippen molar-refractivity contribution in [1.82, 2.24) is 4.98 Å². The van der Waals surface area contributed by atoms with Gasteiger partial charge in [-0.1, -0.05) is 25.5 Å². The van der Waals surface area contributed by atoms with Crippen LogP contribution in [-0.2, 0) is 6.42 Å². The molecule has 0 atom stereocenters. The molecule has 0 unspecified atom stereocenters. The molecule has 1 aromatic heterocycles. The molecule has 0 saturated carbocycles. The van der Waals surface area contributed by atoms with Crippen LogP contribution in [0, 0.1) is 0 Å². The maximum Gasteiger partial charge on any atom is 0.218 e. The SMILES string of the molecule is CCCc1cccc(NC)c1/C=C/c1ncco1. The molecule has 3 heteroatoms. The molecule has 0 aliphatic rings. The predicted molar refractivity (Wildman–Crippen MR) is 75.4 cm³/mol. The minimum Gasteiger partial charge on any atom is -0.445 e. The molecule has 2 rings (SSSR count). The molecule has 0 amide bonds.